The number of nitrogens with one attached hydrogen (secondary N) is 2. The Morgan fingerprint density at radius 1 is 1.44 bits per heavy atom. The van der Waals surface area contributed by atoms with Crippen LogP contribution in [0.4, 0.5) is 19.7 Å². The molecule has 2 rings (SSSR count). The van der Waals surface area contributed by atoms with Gasteiger partial charge in [0.2, 0.25) is 0 Å². The zero-order valence-corrected chi connectivity index (χ0v) is 9.48. The van der Waals surface area contributed by atoms with E-state index in [9.17, 15) is 14.0 Å². The van der Waals surface area contributed by atoms with Crippen molar-refractivity contribution in [2.45, 2.75) is 6.42 Å². The number of hydrazine groups is 1. The van der Waals surface area contributed by atoms with Crippen LogP contribution in [0.3, 0.4) is 0 Å². The average Bonchev–Trinajstić information content (AvgIpc) is 2.32. The van der Waals surface area contributed by atoms with Crippen molar-refractivity contribution in [2.24, 2.45) is 0 Å². The van der Waals surface area contributed by atoms with Crippen molar-refractivity contribution >= 4 is 17.8 Å². The maximum atomic E-state index is 12.9. The quantitative estimate of drug-likeness (QED) is 0.842. The third-order valence-corrected chi connectivity index (χ3v) is 2.29. The van der Waals surface area contributed by atoms with Gasteiger partial charge in [0.25, 0.3) is 0 Å². The van der Waals surface area contributed by atoms with E-state index in [1.165, 1.54) is 24.3 Å². The molecule has 1 saturated heterocycles. The fraction of sp³-hybridized carbons (Fsp3) is 0.273. The van der Waals surface area contributed by atoms with Gasteiger partial charge in [-0.25, -0.2) is 24.4 Å². The number of amides is 3. The third kappa shape index (κ3) is 3.09. The van der Waals surface area contributed by atoms with Crippen molar-refractivity contribution < 1.29 is 18.7 Å². The number of nitrogens with zero attached hydrogens (tertiary/aromatic N) is 1. The summed E-state index contributed by atoms with van der Waals surface area (Å²) in [6, 6.07) is 4.83. The number of benzene rings is 1. The van der Waals surface area contributed by atoms with Crippen LogP contribution in [0.15, 0.2) is 24.3 Å². The van der Waals surface area contributed by atoms with Crippen molar-refractivity contribution in [3.63, 3.8) is 0 Å². The summed E-state index contributed by atoms with van der Waals surface area (Å²) in [5.41, 5.74) is 2.63. The molecule has 0 unspecified atom stereocenters. The highest BCUT2D eigenvalue weighted by atomic mass is 19.1. The van der Waals surface area contributed by atoms with E-state index < -0.39 is 17.9 Å². The van der Waals surface area contributed by atoms with Gasteiger partial charge in [0.05, 0.1) is 6.61 Å². The molecular formula is C11H12FN3O3. The summed E-state index contributed by atoms with van der Waals surface area (Å²) in [7, 11) is 0. The van der Waals surface area contributed by atoms with E-state index in [0.29, 0.717) is 25.3 Å². The largest absolute Gasteiger partial charge is 0.448 e. The molecule has 1 heterocycles. The molecule has 6 nitrogen and oxygen atoms in total. The summed E-state index contributed by atoms with van der Waals surface area (Å²) in [5.74, 6) is -0.454. The van der Waals surface area contributed by atoms with Gasteiger partial charge < -0.3 is 10.1 Å². The summed E-state index contributed by atoms with van der Waals surface area (Å²) in [6.45, 7) is 0.734. The number of carbonyl (C=O) groups excluding carboxylic acids is 2. The molecule has 1 aliphatic rings. The first-order valence-corrected chi connectivity index (χ1v) is 5.42. The van der Waals surface area contributed by atoms with Crippen molar-refractivity contribution in [2.75, 3.05) is 18.5 Å². The number of cyclic esters (lactones) is 1. The Bertz CT molecular complexity index is 467. The molecule has 0 atom stereocenters. The lowest BCUT2D eigenvalue weighted by Crippen LogP contribution is -2.50. The van der Waals surface area contributed by atoms with Crippen LogP contribution in [-0.2, 0) is 4.74 Å². The average molecular weight is 253 g/mol. The van der Waals surface area contributed by atoms with Gasteiger partial charge >= 0.3 is 12.1 Å². The number of anilines is 1. The number of urea groups is 1. The Balaban J connectivity index is 1.90. The highest BCUT2D eigenvalue weighted by molar-refractivity contribution is 5.90. The fourth-order valence-corrected chi connectivity index (χ4v) is 1.50. The van der Waals surface area contributed by atoms with Gasteiger partial charge in [0.1, 0.15) is 5.82 Å². The van der Waals surface area contributed by atoms with E-state index in [-0.39, 0.29) is 0 Å². The van der Waals surface area contributed by atoms with Crippen molar-refractivity contribution in [3.05, 3.63) is 30.1 Å². The first-order chi connectivity index (χ1) is 8.65. The van der Waals surface area contributed by atoms with Crippen molar-refractivity contribution in [1.29, 1.82) is 0 Å². The minimum atomic E-state index is -0.626. The molecule has 96 valence electrons. The van der Waals surface area contributed by atoms with Crippen LogP contribution >= 0.6 is 0 Å². The molecule has 7 heteroatoms. The van der Waals surface area contributed by atoms with Gasteiger partial charge in [0, 0.05) is 18.7 Å². The molecule has 3 amide bonds. The van der Waals surface area contributed by atoms with Gasteiger partial charge in [0.15, 0.2) is 0 Å². The van der Waals surface area contributed by atoms with Crippen molar-refractivity contribution in [3.8, 4) is 0 Å². The lowest BCUT2D eigenvalue weighted by molar-refractivity contribution is 0.0579. The Morgan fingerprint density at radius 3 is 3.00 bits per heavy atom. The summed E-state index contributed by atoms with van der Waals surface area (Å²) in [5, 5.41) is 3.48. The molecule has 1 aromatic carbocycles. The Labute approximate surface area is 103 Å². The second-order valence-corrected chi connectivity index (χ2v) is 3.70. The zero-order chi connectivity index (χ0) is 13.0. The minimum absolute atomic E-state index is 0.304. The molecule has 18 heavy (non-hydrogen) atoms. The molecule has 0 bridgehead atoms. The SMILES string of the molecule is O=C(Nc1cccc(F)c1)NN1CCCOC1=O. The smallest absolute Gasteiger partial charge is 0.428 e. The molecular weight excluding hydrogens is 241 g/mol. The summed E-state index contributed by atoms with van der Waals surface area (Å²) < 4.78 is 17.6. The molecule has 1 fully saturated rings. The van der Waals surface area contributed by atoms with E-state index in [2.05, 4.69) is 10.7 Å². The van der Waals surface area contributed by atoms with Crippen LogP contribution in [0.5, 0.6) is 0 Å². The van der Waals surface area contributed by atoms with Crippen LogP contribution in [0.1, 0.15) is 6.42 Å². The van der Waals surface area contributed by atoms with E-state index >= 15 is 0 Å². The van der Waals surface area contributed by atoms with E-state index in [4.69, 9.17) is 4.74 Å². The zero-order valence-electron chi connectivity index (χ0n) is 9.48. The molecule has 1 aromatic rings. The molecule has 0 spiro atoms. The van der Waals surface area contributed by atoms with Gasteiger partial charge in [-0.2, -0.15) is 0 Å². The summed E-state index contributed by atoms with van der Waals surface area (Å²) >= 11 is 0. The van der Waals surface area contributed by atoms with Crippen LogP contribution in [-0.4, -0.2) is 30.3 Å². The summed E-state index contributed by atoms with van der Waals surface area (Å²) in [4.78, 5) is 22.8. The lowest BCUT2D eigenvalue weighted by atomic mass is 10.3. The second kappa shape index (κ2) is 5.35. The molecule has 0 radical (unpaired) electrons. The second-order valence-electron chi connectivity index (χ2n) is 3.70. The molecule has 0 saturated carbocycles. The number of halogens is 1. The molecule has 2 N–H and O–H groups in total. The van der Waals surface area contributed by atoms with Gasteiger partial charge in [-0.05, 0) is 18.2 Å². The van der Waals surface area contributed by atoms with Crippen LogP contribution < -0.4 is 10.7 Å². The van der Waals surface area contributed by atoms with Gasteiger partial charge in [-0.15, -0.1) is 0 Å². The molecule has 1 aliphatic heterocycles. The number of ether oxygens (including phenoxy) is 1. The maximum absolute atomic E-state index is 12.9. The van der Waals surface area contributed by atoms with E-state index in [1.807, 2.05) is 0 Å². The summed E-state index contributed by atoms with van der Waals surface area (Å²) in [6.07, 6.45) is 0.0436. The topological polar surface area (TPSA) is 70.7 Å². The van der Waals surface area contributed by atoms with Gasteiger partial charge in [-0.1, -0.05) is 6.07 Å². The Morgan fingerprint density at radius 2 is 2.28 bits per heavy atom. The predicted molar refractivity (Wildman–Crippen MR) is 61.2 cm³/mol. The number of carbonyl (C=O) groups is 2. The lowest BCUT2D eigenvalue weighted by Gasteiger charge is -2.26. The monoisotopic (exact) mass is 253 g/mol. The van der Waals surface area contributed by atoms with Crippen LogP contribution in [0.25, 0.3) is 0 Å². The number of hydrogen-bond acceptors (Lipinski definition) is 3. The van der Waals surface area contributed by atoms with Crippen LogP contribution in [0.2, 0.25) is 0 Å². The van der Waals surface area contributed by atoms with Crippen LogP contribution in [0, 0.1) is 5.82 Å². The highest BCUT2D eigenvalue weighted by Crippen LogP contribution is 2.09. The number of hydrogen-bond donors (Lipinski definition) is 2. The Kier molecular flexibility index (Phi) is 3.61. The Hall–Kier alpha value is -2.31. The van der Waals surface area contributed by atoms with Gasteiger partial charge in [-0.3, -0.25) is 0 Å². The standard InChI is InChI=1S/C11H12FN3O3/c12-8-3-1-4-9(7-8)13-10(16)14-15-5-2-6-18-11(15)17/h1,3-4,7H,2,5-6H2,(H2,13,14,16). The third-order valence-electron chi connectivity index (χ3n) is 2.29. The maximum Gasteiger partial charge on any atom is 0.428 e. The predicted octanol–water partition coefficient (Wildman–Crippen LogP) is 1.70. The minimum Gasteiger partial charge on any atom is -0.448 e. The fourth-order valence-electron chi connectivity index (χ4n) is 1.50. The highest BCUT2D eigenvalue weighted by Gasteiger charge is 2.21. The van der Waals surface area contributed by atoms with Crippen molar-refractivity contribution in [1.82, 2.24) is 10.4 Å². The molecule has 0 aromatic heterocycles. The first-order valence-electron chi connectivity index (χ1n) is 5.42. The first kappa shape index (κ1) is 12.2. The van der Waals surface area contributed by atoms with E-state index in [0.717, 1.165) is 5.01 Å². The molecule has 0 aliphatic carbocycles. The number of rotatable bonds is 2. The van der Waals surface area contributed by atoms with E-state index in [1.54, 1.807) is 0 Å². The normalized spacial score (nSPS) is 14.9.